The number of nitrogens with two attached hydrogens (primary N) is 1. The van der Waals surface area contributed by atoms with E-state index in [0.29, 0.717) is 38.5 Å². The largest absolute Gasteiger partial charge is 0.390 e. The van der Waals surface area contributed by atoms with Crippen LogP contribution in [0, 0.1) is 0 Å². The maximum absolute atomic E-state index is 14.0. The summed E-state index contributed by atoms with van der Waals surface area (Å²) >= 11 is 0. The maximum atomic E-state index is 14.0. The summed E-state index contributed by atoms with van der Waals surface area (Å²) in [4.78, 5) is 11.2. The van der Waals surface area contributed by atoms with Crippen molar-refractivity contribution in [1.29, 1.82) is 0 Å². The van der Waals surface area contributed by atoms with Gasteiger partial charge in [0.05, 0.1) is 37.7 Å². The second-order valence-electron chi connectivity index (χ2n) is 10.0. The first-order valence-electron chi connectivity index (χ1n) is 13.7. The van der Waals surface area contributed by atoms with E-state index in [9.17, 15) is 4.39 Å². The van der Waals surface area contributed by atoms with Crippen LogP contribution in [0.5, 0.6) is 0 Å². The molecule has 3 aromatic rings. The second-order valence-corrected chi connectivity index (χ2v) is 10.0. The van der Waals surface area contributed by atoms with Crippen molar-refractivity contribution in [2.24, 2.45) is 10.7 Å². The Bertz CT molecular complexity index is 1320. The first kappa shape index (κ1) is 28.7. The van der Waals surface area contributed by atoms with Crippen LogP contribution in [0.2, 0.25) is 0 Å². The molecule has 1 fully saturated rings. The molecule has 0 amide bonds. The quantitative estimate of drug-likeness (QED) is 0.153. The third-order valence-corrected chi connectivity index (χ3v) is 6.91. The Morgan fingerprint density at radius 1 is 1.23 bits per heavy atom. The number of imidazole rings is 1. The molecule has 2 heterocycles. The average Bonchev–Trinajstić information content (AvgIpc) is 3.55. The van der Waals surface area contributed by atoms with Crippen molar-refractivity contribution in [2.45, 2.75) is 65.0 Å². The van der Waals surface area contributed by atoms with Crippen molar-refractivity contribution in [2.75, 3.05) is 20.2 Å². The number of ether oxygens (including phenoxy) is 2. The highest BCUT2D eigenvalue weighted by atomic mass is 19.1. The van der Waals surface area contributed by atoms with Crippen molar-refractivity contribution < 1.29 is 13.9 Å². The number of aliphatic imine (C=N–C) groups is 1. The third-order valence-electron chi connectivity index (χ3n) is 6.91. The van der Waals surface area contributed by atoms with Crippen LogP contribution < -0.4 is 5.73 Å². The summed E-state index contributed by atoms with van der Waals surface area (Å²) in [6.07, 6.45) is 9.29. The van der Waals surface area contributed by atoms with Crippen LogP contribution in [0.1, 0.15) is 57.0 Å². The Hall–Kier alpha value is -3.33. The van der Waals surface area contributed by atoms with Crippen molar-refractivity contribution in [3.05, 3.63) is 83.6 Å². The van der Waals surface area contributed by atoms with Crippen molar-refractivity contribution in [3.8, 4) is 0 Å². The molecule has 1 aromatic heterocycles. The van der Waals surface area contributed by atoms with Crippen molar-refractivity contribution in [1.82, 2.24) is 14.5 Å². The fourth-order valence-electron chi connectivity index (χ4n) is 4.94. The fourth-order valence-corrected chi connectivity index (χ4v) is 4.94. The molecule has 1 saturated heterocycles. The average molecular weight is 534 g/mol. The highest BCUT2D eigenvalue weighted by molar-refractivity contribution is 5.82. The topological polar surface area (TPSA) is 77.9 Å². The molecule has 208 valence electrons. The van der Waals surface area contributed by atoms with E-state index in [1.54, 1.807) is 18.5 Å². The molecule has 2 atom stereocenters. The molecule has 0 bridgehead atoms. The molecule has 4 rings (SSSR count). The Balaban J connectivity index is 1.33. The number of fused-ring (bicyclic) bond motifs is 1. The lowest BCUT2D eigenvalue weighted by Gasteiger charge is -2.19. The van der Waals surface area contributed by atoms with Crippen LogP contribution in [0.15, 0.2) is 77.3 Å². The van der Waals surface area contributed by atoms with Gasteiger partial charge in [0, 0.05) is 13.1 Å². The number of hydrogen-bond donors (Lipinski definition) is 1. The lowest BCUT2D eigenvalue weighted by molar-refractivity contribution is -0.0440. The highest BCUT2D eigenvalue weighted by Gasteiger charge is 2.29. The Labute approximate surface area is 230 Å². The minimum atomic E-state index is -0.186. The minimum absolute atomic E-state index is 0.00186. The molecule has 2 N–H and O–H groups in total. The maximum Gasteiger partial charge on any atom is 0.160 e. The number of benzene rings is 2. The normalized spacial score (nSPS) is 18.7. The summed E-state index contributed by atoms with van der Waals surface area (Å²) in [6.45, 7) is 6.23. The molecule has 8 heteroatoms. The van der Waals surface area contributed by atoms with Gasteiger partial charge < -0.3 is 15.2 Å². The number of allylic oxidation sites excluding steroid dienone is 3. The zero-order valence-corrected chi connectivity index (χ0v) is 23.2. The van der Waals surface area contributed by atoms with Crippen LogP contribution in [0.25, 0.3) is 10.8 Å². The Morgan fingerprint density at radius 2 is 2.05 bits per heavy atom. The van der Waals surface area contributed by atoms with E-state index in [0.717, 1.165) is 36.1 Å². The van der Waals surface area contributed by atoms with E-state index >= 15 is 0 Å². The first-order chi connectivity index (χ1) is 19.0. The number of rotatable bonds is 13. The molecule has 2 aromatic carbocycles. The summed E-state index contributed by atoms with van der Waals surface area (Å²) in [7, 11) is 1.99. The summed E-state index contributed by atoms with van der Waals surface area (Å²) in [5, 5.41) is 2.44. The molecule has 7 nitrogen and oxygen atoms in total. The van der Waals surface area contributed by atoms with Crippen LogP contribution in [0.4, 0.5) is 10.2 Å². The number of aromatic nitrogens is 2. The van der Waals surface area contributed by atoms with E-state index in [-0.39, 0.29) is 18.2 Å². The predicted octanol–water partition coefficient (Wildman–Crippen LogP) is 6.58. The molecular weight excluding hydrogens is 493 g/mol. The van der Waals surface area contributed by atoms with Gasteiger partial charge in [0.15, 0.2) is 5.82 Å². The predicted molar refractivity (Wildman–Crippen MR) is 156 cm³/mol. The molecule has 39 heavy (non-hydrogen) atoms. The van der Waals surface area contributed by atoms with E-state index < -0.39 is 0 Å². The van der Waals surface area contributed by atoms with Gasteiger partial charge >= 0.3 is 0 Å². The van der Waals surface area contributed by atoms with Crippen molar-refractivity contribution >= 4 is 22.9 Å². The lowest BCUT2D eigenvalue weighted by atomic mass is 10.1. The number of halogens is 1. The fraction of sp³-hybridized carbons (Fsp3) is 0.419. The zero-order chi connectivity index (χ0) is 27.6. The van der Waals surface area contributed by atoms with Gasteiger partial charge in [-0.3, -0.25) is 9.47 Å². The number of likely N-dealkylation sites (N-methyl/N-ethyl adjacent to an activating group) is 1. The molecule has 0 spiro atoms. The number of hydrogen-bond acceptors (Lipinski definition) is 5. The standard InChI is InChI=1S/C31H40FN5O2/c1-4-8-27(32)16-23(5-2)17-36(3)18-29-31(34-21-33)37(22-35-29)30-14-13-28(39-30)20-38-19-24-11-12-25-9-6-7-10-26(25)15-24/h6-12,15-16,21-22,28,30H,4-5,13-14,17-20H2,1-3H3,(H2,33,34)/b23-16+,27-8+. The summed E-state index contributed by atoms with van der Waals surface area (Å²) in [6, 6.07) is 14.7. The third kappa shape index (κ3) is 7.85. The summed E-state index contributed by atoms with van der Waals surface area (Å²) in [5.74, 6) is 0.501. The summed E-state index contributed by atoms with van der Waals surface area (Å²) in [5.41, 5.74) is 8.67. The van der Waals surface area contributed by atoms with Crippen LogP contribution in [0.3, 0.4) is 0 Å². The van der Waals surface area contributed by atoms with Crippen LogP contribution >= 0.6 is 0 Å². The molecule has 0 saturated carbocycles. The second kappa shape index (κ2) is 14.2. The van der Waals surface area contributed by atoms with E-state index in [1.807, 2.05) is 31.5 Å². The molecule has 1 aliphatic heterocycles. The van der Waals surface area contributed by atoms with E-state index in [4.69, 9.17) is 15.2 Å². The monoisotopic (exact) mass is 533 g/mol. The van der Waals surface area contributed by atoms with Gasteiger partial charge in [-0.05, 0) is 67.3 Å². The van der Waals surface area contributed by atoms with Gasteiger partial charge in [0.1, 0.15) is 12.1 Å². The molecular formula is C31H40FN5O2. The minimum Gasteiger partial charge on any atom is -0.390 e. The van der Waals surface area contributed by atoms with Gasteiger partial charge in [-0.15, -0.1) is 0 Å². The smallest absolute Gasteiger partial charge is 0.160 e. The zero-order valence-electron chi connectivity index (χ0n) is 23.2. The van der Waals surface area contributed by atoms with Gasteiger partial charge in [-0.1, -0.05) is 55.8 Å². The lowest BCUT2D eigenvalue weighted by Crippen LogP contribution is -2.21. The molecule has 0 radical (unpaired) electrons. The Morgan fingerprint density at radius 3 is 2.82 bits per heavy atom. The van der Waals surface area contributed by atoms with Gasteiger partial charge in [-0.2, -0.15) is 0 Å². The number of nitrogens with zero attached hydrogens (tertiary/aromatic N) is 4. The van der Waals surface area contributed by atoms with Crippen LogP contribution in [-0.4, -0.2) is 47.1 Å². The highest BCUT2D eigenvalue weighted by Crippen LogP contribution is 2.33. The molecule has 2 unspecified atom stereocenters. The Kier molecular flexibility index (Phi) is 10.4. The molecule has 1 aliphatic rings. The summed E-state index contributed by atoms with van der Waals surface area (Å²) < 4.78 is 28.3. The van der Waals surface area contributed by atoms with Crippen molar-refractivity contribution in [3.63, 3.8) is 0 Å². The first-order valence-corrected chi connectivity index (χ1v) is 13.7. The van der Waals surface area contributed by atoms with E-state index in [2.05, 4.69) is 51.3 Å². The molecule has 0 aliphatic carbocycles. The van der Waals surface area contributed by atoms with Gasteiger partial charge in [-0.25, -0.2) is 14.4 Å². The van der Waals surface area contributed by atoms with Gasteiger partial charge in [0.2, 0.25) is 0 Å². The SMILES string of the molecule is CC/C=C(F)\C=C(/CC)CN(C)Cc1ncn(C2CCC(COCc3ccc4ccccc4c3)O2)c1N=CN. The van der Waals surface area contributed by atoms with E-state index in [1.165, 1.54) is 17.1 Å². The van der Waals surface area contributed by atoms with Gasteiger partial charge in [0.25, 0.3) is 0 Å². The van der Waals surface area contributed by atoms with Crippen LogP contribution in [-0.2, 0) is 22.6 Å².